The predicted molar refractivity (Wildman–Crippen MR) is 75.7 cm³/mol. The number of rotatable bonds is 7. The number of carbonyl (C=O) groups excluding carboxylic acids is 2. The second-order valence-corrected chi connectivity index (χ2v) is 4.90. The lowest BCUT2D eigenvalue weighted by molar-refractivity contribution is -0.125. The van der Waals surface area contributed by atoms with Crippen LogP contribution in [0.2, 0.25) is 0 Å². The summed E-state index contributed by atoms with van der Waals surface area (Å²) >= 11 is 3.05. The van der Waals surface area contributed by atoms with Gasteiger partial charge in [-0.3, -0.25) is 9.59 Å². The largest absolute Gasteiger partial charge is 0.383 e. The minimum atomic E-state index is -0.383. The van der Waals surface area contributed by atoms with Crippen molar-refractivity contribution in [2.24, 2.45) is 0 Å². The van der Waals surface area contributed by atoms with Gasteiger partial charge in [-0.25, -0.2) is 4.39 Å². The smallest absolute Gasteiger partial charge is 0.239 e. The van der Waals surface area contributed by atoms with Gasteiger partial charge < -0.3 is 15.4 Å². The first-order valence-electron chi connectivity index (χ1n) is 5.99. The van der Waals surface area contributed by atoms with Crippen LogP contribution in [0, 0.1) is 5.82 Å². The molecule has 2 N–H and O–H groups in total. The number of benzene rings is 1. The number of hydrogen-bond donors (Lipinski definition) is 2. The van der Waals surface area contributed by atoms with Crippen LogP contribution in [0.1, 0.15) is 5.56 Å². The van der Waals surface area contributed by atoms with E-state index in [1.807, 2.05) is 0 Å². The van der Waals surface area contributed by atoms with Crippen LogP contribution in [0.5, 0.6) is 0 Å². The zero-order chi connectivity index (χ0) is 15.0. The summed E-state index contributed by atoms with van der Waals surface area (Å²) in [6.07, 6.45) is 0.0875. The molecule has 0 aliphatic carbocycles. The lowest BCUT2D eigenvalue weighted by Crippen LogP contribution is -2.38. The second-order valence-electron chi connectivity index (χ2n) is 4.04. The van der Waals surface area contributed by atoms with Crippen molar-refractivity contribution < 1.29 is 18.7 Å². The van der Waals surface area contributed by atoms with E-state index in [4.69, 9.17) is 4.74 Å². The van der Waals surface area contributed by atoms with Gasteiger partial charge in [-0.15, -0.1) is 0 Å². The minimum absolute atomic E-state index is 0.0875. The molecular weight excluding hydrogens is 331 g/mol. The SMILES string of the molecule is COCCNC(=O)CNC(=O)Cc1ccc(F)c(Br)c1. The average Bonchev–Trinajstić information content (AvgIpc) is 2.41. The first kappa shape index (κ1) is 16.6. The molecule has 110 valence electrons. The van der Waals surface area contributed by atoms with Crippen molar-refractivity contribution in [3.63, 3.8) is 0 Å². The van der Waals surface area contributed by atoms with Gasteiger partial charge in [0.15, 0.2) is 0 Å². The fourth-order valence-corrected chi connectivity index (χ4v) is 1.86. The highest BCUT2D eigenvalue weighted by molar-refractivity contribution is 9.10. The maximum atomic E-state index is 13.0. The lowest BCUT2D eigenvalue weighted by atomic mass is 10.1. The van der Waals surface area contributed by atoms with E-state index in [1.165, 1.54) is 25.3 Å². The topological polar surface area (TPSA) is 67.4 Å². The molecule has 0 atom stereocenters. The third-order valence-electron chi connectivity index (χ3n) is 2.42. The Morgan fingerprint density at radius 3 is 2.70 bits per heavy atom. The van der Waals surface area contributed by atoms with Crippen molar-refractivity contribution in [3.8, 4) is 0 Å². The number of ether oxygens (including phenoxy) is 1. The van der Waals surface area contributed by atoms with Gasteiger partial charge in [0.25, 0.3) is 0 Å². The Balaban J connectivity index is 2.32. The van der Waals surface area contributed by atoms with E-state index < -0.39 is 0 Å². The number of carbonyl (C=O) groups is 2. The molecule has 0 aliphatic heterocycles. The average molecular weight is 347 g/mol. The van der Waals surface area contributed by atoms with E-state index in [1.54, 1.807) is 0 Å². The summed E-state index contributed by atoms with van der Waals surface area (Å²) in [4.78, 5) is 23.0. The number of hydrogen-bond acceptors (Lipinski definition) is 3. The zero-order valence-electron chi connectivity index (χ0n) is 11.0. The van der Waals surface area contributed by atoms with Gasteiger partial charge in [0.1, 0.15) is 5.82 Å². The molecule has 1 aromatic rings. The van der Waals surface area contributed by atoms with Crippen molar-refractivity contribution in [3.05, 3.63) is 34.1 Å². The van der Waals surface area contributed by atoms with Crippen LogP contribution in [-0.2, 0) is 20.7 Å². The summed E-state index contributed by atoms with van der Waals surface area (Å²) in [6.45, 7) is 0.727. The summed E-state index contributed by atoms with van der Waals surface area (Å²) in [7, 11) is 1.54. The van der Waals surface area contributed by atoms with Crippen LogP contribution in [0.3, 0.4) is 0 Å². The van der Waals surface area contributed by atoms with Gasteiger partial charge >= 0.3 is 0 Å². The third kappa shape index (κ3) is 6.12. The Hall–Kier alpha value is -1.47. The Kier molecular flexibility index (Phi) is 7.17. The Labute approximate surface area is 125 Å². The monoisotopic (exact) mass is 346 g/mol. The molecule has 7 heteroatoms. The molecule has 0 aliphatic rings. The van der Waals surface area contributed by atoms with E-state index in [0.29, 0.717) is 23.2 Å². The van der Waals surface area contributed by atoms with Gasteiger partial charge in [-0.1, -0.05) is 6.07 Å². The van der Waals surface area contributed by atoms with Crippen molar-refractivity contribution in [1.82, 2.24) is 10.6 Å². The maximum Gasteiger partial charge on any atom is 0.239 e. The molecule has 20 heavy (non-hydrogen) atoms. The van der Waals surface area contributed by atoms with Crippen molar-refractivity contribution in [2.45, 2.75) is 6.42 Å². The van der Waals surface area contributed by atoms with E-state index in [0.717, 1.165) is 0 Å². The molecule has 0 heterocycles. The second kappa shape index (κ2) is 8.65. The van der Waals surface area contributed by atoms with E-state index in [2.05, 4.69) is 26.6 Å². The molecule has 0 unspecified atom stereocenters. The molecule has 1 aromatic carbocycles. The van der Waals surface area contributed by atoms with Crippen LogP contribution in [-0.4, -0.2) is 38.6 Å². The number of amides is 2. The molecule has 0 spiro atoms. The van der Waals surface area contributed by atoms with Crippen LogP contribution < -0.4 is 10.6 Å². The van der Waals surface area contributed by atoms with E-state index in [9.17, 15) is 14.0 Å². The van der Waals surface area contributed by atoms with Crippen LogP contribution in [0.4, 0.5) is 4.39 Å². The quantitative estimate of drug-likeness (QED) is 0.724. The standard InChI is InChI=1S/C13H16BrFN2O3/c1-20-5-4-16-13(19)8-17-12(18)7-9-2-3-11(15)10(14)6-9/h2-3,6H,4-5,7-8H2,1H3,(H,16,19)(H,17,18). The number of methoxy groups -OCH3 is 1. The molecule has 0 radical (unpaired) electrons. The molecule has 1 rings (SSSR count). The molecule has 5 nitrogen and oxygen atoms in total. The van der Waals surface area contributed by atoms with Crippen molar-refractivity contribution in [2.75, 3.05) is 26.8 Å². The van der Waals surface area contributed by atoms with Gasteiger partial charge in [0.05, 0.1) is 24.0 Å². The molecular formula is C13H16BrFN2O3. The summed E-state index contributed by atoms with van der Waals surface area (Å²) < 4.78 is 18.1. The molecule has 0 aromatic heterocycles. The number of nitrogens with one attached hydrogen (secondary N) is 2. The summed E-state index contributed by atoms with van der Waals surface area (Å²) in [5.74, 6) is -0.965. The van der Waals surface area contributed by atoms with Gasteiger partial charge in [0.2, 0.25) is 11.8 Å². The van der Waals surface area contributed by atoms with E-state index >= 15 is 0 Å². The van der Waals surface area contributed by atoms with Crippen LogP contribution in [0.25, 0.3) is 0 Å². The molecule has 0 saturated carbocycles. The summed E-state index contributed by atoms with van der Waals surface area (Å²) in [5.41, 5.74) is 0.663. The fourth-order valence-electron chi connectivity index (χ4n) is 1.43. The Morgan fingerprint density at radius 1 is 1.30 bits per heavy atom. The lowest BCUT2D eigenvalue weighted by Gasteiger charge is -2.07. The Bertz CT molecular complexity index is 483. The van der Waals surface area contributed by atoms with Gasteiger partial charge in [0, 0.05) is 13.7 Å². The minimum Gasteiger partial charge on any atom is -0.383 e. The van der Waals surface area contributed by atoms with Crippen LogP contribution in [0.15, 0.2) is 22.7 Å². The van der Waals surface area contributed by atoms with Crippen LogP contribution >= 0.6 is 15.9 Å². The normalized spacial score (nSPS) is 10.2. The molecule has 0 fully saturated rings. The first-order valence-corrected chi connectivity index (χ1v) is 6.78. The molecule has 0 bridgehead atoms. The third-order valence-corrected chi connectivity index (χ3v) is 3.03. The highest BCUT2D eigenvalue weighted by atomic mass is 79.9. The summed E-state index contributed by atoms with van der Waals surface area (Å²) in [5, 5.41) is 5.07. The van der Waals surface area contributed by atoms with Gasteiger partial charge in [-0.2, -0.15) is 0 Å². The first-order chi connectivity index (χ1) is 9.52. The van der Waals surface area contributed by atoms with Crippen molar-refractivity contribution >= 4 is 27.7 Å². The highest BCUT2D eigenvalue weighted by Crippen LogP contribution is 2.16. The van der Waals surface area contributed by atoms with Gasteiger partial charge in [-0.05, 0) is 33.6 Å². The Morgan fingerprint density at radius 2 is 2.05 bits per heavy atom. The molecule has 0 saturated heterocycles. The number of halogens is 2. The maximum absolute atomic E-state index is 13.0. The summed E-state index contributed by atoms with van der Waals surface area (Å²) in [6, 6.07) is 4.34. The highest BCUT2D eigenvalue weighted by Gasteiger charge is 2.08. The fraction of sp³-hybridized carbons (Fsp3) is 0.385. The zero-order valence-corrected chi connectivity index (χ0v) is 12.6. The van der Waals surface area contributed by atoms with Crippen molar-refractivity contribution in [1.29, 1.82) is 0 Å². The molecule has 2 amide bonds. The van der Waals surface area contributed by atoms with E-state index in [-0.39, 0.29) is 30.6 Å². The predicted octanol–water partition coefficient (Wildman–Crippen LogP) is 1.01.